The molecular weight excluding hydrogens is 316 g/mol. The van der Waals surface area contributed by atoms with E-state index in [1.807, 2.05) is 42.2 Å². The fourth-order valence-electron chi connectivity index (χ4n) is 3.37. The lowest BCUT2D eigenvalue weighted by molar-refractivity contribution is -0.134. The SMILES string of the molecule is CCC(C(=O)N1CCC(NC(=O)c2ccco2)CC1)c1ccccc1. The monoisotopic (exact) mass is 340 g/mol. The van der Waals surface area contributed by atoms with Crippen LogP contribution in [0.2, 0.25) is 0 Å². The topological polar surface area (TPSA) is 62.6 Å². The molecule has 1 N–H and O–H groups in total. The zero-order valence-corrected chi connectivity index (χ0v) is 14.5. The van der Waals surface area contributed by atoms with Gasteiger partial charge in [0.25, 0.3) is 5.91 Å². The van der Waals surface area contributed by atoms with Crippen molar-refractivity contribution >= 4 is 11.8 Å². The van der Waals surface area contributed by atoms with Crippen LogP contribution in [0.25, 0.3) is 0 Å². The van der Waals surface area contributed by atoms with Gasteiger partial charge in [0.15, 0.2) is 5.76 Å². The number of nitrogens with one attached hydrogen (secondary N) is 1. The molecule has 1 aromatic carbocycles. The summed E-state index contributed by atoms with van der Waals surface area (Å²) in [7, 11) is 0. The Morgan fingerprint density at radius 3 is 2.48 bits per heavy atom. The van der Waals surface area contributed by atoms with Crippen molar-refractivity contribution in [2.45, 2.75) is 38.1 Å². The zero-order valence-electron chi connectivity index (χ0n) is 14.5. The summed E-state index contributed by atoms with van der Waals surface area (Å²) >= 11 is 0. The third-order valence-corrected chi connectivity index (χ3v) is 4.80. The highest BCUT2D eigenvalue weighted by Gasteiger charge is 2.29. The molecule has 1 aliphatic rings. The van der Waals surface area contributed by atoms with Crippen molar-refractivity contribution < 1.29 is 14.0 Å². The second kappa shape index (κ2) is 8.01. The quantitative estimate of drug-likeness (QED) is 0.909. The molecule has 0 bridgehead atoms. The lowest BCUT2D eigenvalue weighted by Gasteiger charge is -2.34. The molecule has 1 aliphatic heterocycles. The Bertz CT molecular complexity index is 689. The zero-order chi connectivity index (χ0) is 17.6. The molecule has 2 amide bonds. The number of benzene rings is 1. The van der Waals surface area contributed by atoms with Crippen molar-refractivity contribution in [3.8, 4) is 0 Å². The van der Waals surface area contributed by atoms with Gasteiger partial charge < -0.3 is 14.6 Å². The predicted octanol–water partition coefficient (Wildman–Crippen LogP) is 3.19. The van der Waals surface area contributed by atoms with Gasteiger partial charge in [-0.05, 0) is 37.0 Å². The largest absolute Gasteiger partial charge is 0.459 e. The van der Waals surface area contributed by atoms with E-state index in [1.54, 1.807) is 12.1 Å². The Balaban J connectivity index is 1.54. The van der Waals surface area contributed by atoms with Crippen LogP contribution < -0.4 is 5.32 Å². The average molecular weight is 340 g/mol. The van der Waals surface area contributed by atoms with Gasteiger partial charge in [-0.1, -0.05) is 37.3 Å². The van der Waals surface area contributed by atoms with Gasteiger partial charge in [0.2, 0.25) is 5.91 Å². The summed E-state index contributed by atoms with van der Waals surface area (Å²) in [5.74, 6) is 0.235. The van der Waals surface area contributed by atoms with Crippen LogP contribution in [0.1, 0.15) is 48.2 Å². The Morgan fingerprint density at radius 1 is 1.16 bits per heavy atom. The average Bonchev–Trinajstić information content (AvgIpc) is 3.19. The van der Waals surface area contributed by atoms with E-state index in [0.29, 0.717) is 18.8 Å². The molecular formula is C20H24N2O3. The third kappa shape index (κ3) is 4.10. The molecule has 2 aromatic rings. The van der Waals surface area contributed by atoms with E-state index in [4.69, 9.17) is 4.42 Å². The van der Waals surface area contributed by atoms with Gasteiger partial charge in [0, 0.05) is 19.1 Å². The maximum atomic E-state index is 12.9. The first-order valence-corrected chi connectivity index (χ1v) is 8.87. The number of nitrogens with zero attached hydrogens (tertiary/aromatic N) is 1. The first-order valence-electron chi connectivity index (χ1n) is 8.87. The predicted molar refractivity (Wildman–Crippen MR) is 95.3 cm³/mol. The summed E-state index contributed by atoms with van der Waals surface area (Å²) in [6.45, 7) is 3.39. The van der Waals surface area contributed by atoms with Crippen molar-refractivity contribution in [1.29, 1.82) is 0 Å². The van der Waals surface area contributed by atoms with Gasteiger partial charge in [-0.15, -0.1) is 0 Å². The molecule has 5 nitrogen and oxygen atoms in total. The molecule has 0 saturated carbocycles. The highest BCUT2D eigenvalue weighted by atomic mass is 16.3. The van der Waals surface area contributed by atoms with E-state index >= 15 is 0 Å². The van der Waals surface area contributed by atoms with E-state index in [-0.39, 0.29) is 23.8 Å². The molecule has 1 aromatic heterocycles. The minimum atomic E-state index is -0.189. The molecule has 0 radical (unpaired) electrons. The van der Waals surface area contributed by atoms with Gasteiger partial charge in [0.05, 0.1) is 12.2 Å². The van der Waals surface area contributed by atoms with Crippen molar-refractivity contribution in [1.82, 2.24) is 10.2 Å². The normalized spacial score (nSPS) is 16.4. The van der Waals surface area contributed by atoms with E-state index in [1.165, 1.54) is 6.26 Å². The maximum Gasteiger partial charge on any atom is 0.287 e. The highest BCUT2D eigenvalue weighted by molar-refractivity contribution is 5.91. The van der Waals surface area contributed by atoms with Crippen LogP contribution in [0, 0.1) is 0 Å². The lowest BCUT2D eigenvalue weighted by Crippen LogP contribution is -2.47. The van der Waals surface area contributed by atoms with E-state index in [2.05, 4.69) is 5.32 Å². The molecule has 1 atom stereocenters. The van der Waals surface area contributed by atoms with E-state index < -0.39 is 0 Å². The Kier molecular flexibility index (Phi) is 5.53. The molecule has 5 heteroatoms. The van der Waals surface area contributed by atoms with Crippen LogP contribution in [0.4, 0.5) is 0 Å². The lowest BCUT2D eigenvalue weighted by atomic mass is 9.93. The third-order valence-electron chi connectivity index (χ3n) is 4.80. The number of hydrogen-bond donors (Lipinski definition) is 1. The fourth-order valence-corrected chi connectivity index (χ4v) is 3.37. The highest BCUT2D eigenvalue weighted by Crippen LogP contribution is 2.24. The summed E-state index contributed by atoms with van der Waals surface area (Å²) in [5, 5.41) is 2.98. The van der Waals surface area contributed by atoms with E-state index in [9.17, 15) is 9.59 Å². The van der Waals surface area contributed by atoms with Crippen molar-refractivity contribution in [2.24, 2.45) is 0 Å². The molecule has 25 heavy (non-hydrogen) atoms. The van der Waals surface area contributed by atoms with Crippen LogP contribution in [0.3, 0.4) is 0 Å². The Hall–Kier alpha value is -2.56. The summed E-state index contributed by atoms with van der Waals surface area (Å²) in [6.07, 6.45) is 3.81. The smallest absolute Gasteiger partial charge is 0.287 e. The minimum Gasteiger partial charge on any atom is -0.459 e. The van der Waals surface area contributed by atoms with Crippen molar-refractivity contribution in [3.63, 3.8) is 0 Å². The standard InChI is InChI=1S/C20H24N2O3/c1-2-17(15-7-4-3-5-8-15)20(24)22-12-10-16(11-13-22)21-19(23)18-9-6-14-25-18/h3-9,14,16-17H,2,10-13H2,1H3,(H,21,23). The second-order valence-electron chi connectivity index (χ2n) is 6.42. The van der Waals surface area contributed by atoms with Gasteiger partial charge >= 0.3 is 0 Å². The number of amides is 2. The van der Waals surface area contributed by atoms with Crippen LogP contribution >= 0.6 is 0 Å². The van der Waals surface area contributed by atoms with Gasteiger partial charge in [-0.3, -0.25) is 9.59 Å². The number of hydrogen-bond acceptors (Lipinski definition) is 3. The van der Waals surface area contributed by atoms with Crippen molar-refractivity contribution in [2.75, 3.05) is 13.1 Å². The fraction of sp³-hybridized carbons (Fsp3) is 0.400. The van der Waals surface area contributed by atoms with Crippen LogP contribution in [-0.4, -0.2) is 35.8 Å². The molecule has 1 unspecified atom stereocenters. The molecule has 0 aliphatic carbocycles. The minimum absolute atomic E-state index is 0.0819. The second-order valence-corrected chi connectivity index (χ2v) is 6.42. The molecule has 1 fully saturated rings. The molecule has 3 rings (SSSR count). The summed E-state index contributed by atoms with van der Waals surface area (Å²) < 4.78 is 5.11. The van der Waals surface area contributed by atoms with Crippen LogP contribution in [0.5, 0.6) is 0 Å². The van der Waals surface area contributed by atoms with Crippen LogP contribution in [0.15, 0.2) is 53.1 Å². The van der Waals surface area contributed by atoms with Gasteiger partial charge in [-0.2, -0.15) is 0 Å². The summed E-state index contributed by atoms with van der Waals surface area (Å²) in [4.78, 5) is 26.8. The molecule has 2 heterocycles. The first kappa shape index (κ1) is 17.3. The number of likely N-dealkylation sites (tertiary alicyclic amines) is 1. The van der Waals surface area contributed by atoms with Crippen LogP contribution in [-0.2, 0) is 4.79 Å². The summed E-state index contributed by atoms with van der Waals surface area (Å²) in [5.41, 5.74) is 1.07. The van der Waals surface area contributed by atoms with Gasteiger partial charge in [0.1, 0.15) is 0 Å². The number of furan rings is 1. The Morgan fingerprint density at radius 2 is 1.88 bits per heavy atom. The number of carbonyl (C=O) groups excluding carboxylic acids is 2. The summed E-state index contributed by atoms with van der Waals surface area (Å²) in [6, 6.07) is 13.4. The first-order chi connectivity index (χ1) is 12.2. The number of rotatable bonds is 5. The van der Waals surface area contributed by atoms with E-state index in [0.717, 1.165) is 24.8 Å². The maximum absolute atomic E-state index is 12.9. The number of carbonyl (C=O) groups is 2. The molecule has 1 saturated heterocycles. The molecule has 0 spiro atoms. The van der Waals surface area contributed by atoms with Gasteiger partial charge in [-0.25, -0.2) is 0 Å². The Labute approximate surface area is 148 Å². The van der Waals surface area contributed by atoms with Crippen molar-refractivity contribution in [3.05, 3.63) is 60.1 Å². The molecule has 132 valence electrons. The number of piperidine rings is 1.